The molecule has 3 N–H and O–H groups in total. The van der Waals surface area contributed by atoms with Crippen molar-refractivity contribution < 1.29 is 9.59 Å². The van der Waals surface area contributed by atoms with Crippen LogP contribution in [0.5, 0.6) is 0 Å². The van der Waals surface area contributed by atoms with Crippen LogP contribution >= 0.6 is 0 Å². The minimum absolute atomic E-state index is 0.0176. The molecule has 0 spiro atoms. The predicted molar refractivity (Wildman–Crippen MR) is 89.0 cm³/mol. The molecule has 1 aromatic carbocycles. The van der Waals surface area contributed by atoms with Gasteiger partial charge < -0.3 is 16.0 Å². The number of hydrogen-bond acceptors (Lipinski definition) is 2. The number of hydrogen-bond donors (Lipinski definition) is 2. The number of nitrogens with one attached hydrogen (secondary N) is 1. The molecule has 1 fully saturated rings. The summed E-state index contributed by atoms with van der Waals surface area (Å²) in [7, 11) is 0. The quantitative estimate of drug-likeness (QED) is 0.895. The van der Waals surface area contributed by atoms with E-state index < -0.39 is 0 Å². The molecule has 5 nitrogen and oxygen atoms in total. The lowest BCUT2D eigenvalue weighted by atomic mass is 9.83. The number of aryl methyl sites for hydroxylation is 1. The van der Waals surface area contributed by atoms with E-state index in [1.54, 1.807) is 4.90 Å². The smallest absolute Gasteiger partial charge is 0.317 e. The second kappa shape index (κ2) is 7.02. The van der Waals surface area contributed by atoms with Gasteiger partial charge in [0, 0.05) is 31.5 Å². The molecule has 0 aromatic heterocycles. The first-order valence-corrected chi connectivity index (χ1v) is 8.55. The molecule has 1 heterocycles. The van der Waals surface area contributed by atoms with Crippen molar-refractivity contribution in [2.24, 2.45) is 11.7 Å². The molecule has 0 bridgehead atoms. The van der Waals surface area contributed by atoms with Crippen molar-refractivity contribution >= 4 is 11.9 Å². The van der Waals surface area contributed by atoms with E-state index in [-0.39, 0.29) is 17.9 Å². The Balaban J connectivity index is 1.51. The summed E-state index contributed by atoms with van der Waals surface area (Å²) in [5.74, 6) is 0.0835. The van der Waals surface area contributed by atoms with Gasteiger partial charge in [0.25, 0.3) is 0 Å². The minimum Gasteiger partial charge on any atom is -0.369 e. The van der Waals surface area contributed by atoms with E-state index in [0.717, 1.165) is 12.8 Å². The van der Waals surface area contributed by atoms with E-state index in [0.29, 0.717) is 38.4 Å². The second-order valence-corrected chi connectivity index (χ2v) is 6.64. The van der Waals surface area contributed by atoms with E-state index in [1.165, 1.54) is 17.5 Å². The van der Waals surface area contributed by atoms with E-state index in [2.05, 4.69) is 29.6 Å². The van der Waals surface area contributed by atoms with Crippen LogP contribution in [0.3, 0.4) is 0 Å². The Morgan fingerprint density at radius 3 is 2.65 bits per heavy atom. The fourth-order valence-electron chi connectivity index (χ4n) is 3.76. The second-order valence-electron chi connectivity index (χ2n) is 6.64. The third-order valence-electron chi connectivity index (χ3n) is 5.18. The highest BCUT2D eigenvalue weighted by Crippen LogP contribution is 2.30. The van der Waals surface area contributed by atoms with E-state index in [1.807, 2.05) is 0 Å². The number of nitrogens with zero attached hydrogens (tertiary/aromatic N) is 1. The highest BCUT2D eigenvalue weighted by atomic mass is 16.2. The molecule has 2 aliphatic rings. The number of primary amides is 1. The van der Waals surface area contributed by atoms with Crippen molar-refractivity contribution in [1.29, 1.82) is 0 Å². The number of nitrogens with two attached hydrogens (primary N) is 1. The van der Waals surface area contributed by atoms with Gasteiger partial charge >= 0.3 is 6.03 Å². The average Bonchev–Trinajstić information content (AvgIpc) is 2.59. The summed E-state index contributed by atoms with van der Waals surface area (Å²) >= 11 is 0. The van der Waals surface area contributed by atoms with Gasteiger partial charge in [-0.05, 0) is 43.2 Å². The van der Waals surface area contributed by atoms with Crippen molar-refractivity contribution in [3.63, 3.8) is 0 Å². The minimum atomic E-state index is -0.246. The summed E-state index contributed by atoms with van der Waals surface area (Å²) in [5, 5.41) is 3.08. The summed E-state index contributed by atoms with van der Waals surface area (Å²) in [5.41, 5.74) is 8.13. The van der Waals surface area contributed by atoms with Gasteiger partial charge in [-0.2, -0.15) is 0 Å². The van der Waals surface area contributed by atoms with Gasteiger partial charge in [0.05, 0.1) is 0 Å². The molecular formula is C18H25N3O2. The summed E-state index contributed by atoms with van der Waals surface area (Å²) in [4.78, 5) is 25.3. The van der Waals surface area contributed by atoms with Crippen LogP contribution in [0.4, 0.5) is 4.79 Å². The first-order valence-electron chi connectivity index (χ1n) is 8.55. The third-order valence-corrected chi connectivity index (χ3v) is 5.18. The van der Waals surface area contributed by atoms with Crippen LogP contribution in [-0.4, -0.2) is 36.5 Å². The van der Waals surface area contributed by atoms with Crippen LogP contribution in [0.1, 0.15) is 42.7 Å². The standard InChI is InChI=1S/C18H25N3O2/c19-17(22)14-8-10-21(11-9-14)18(23)20-12-15-6-3-5-13-4-1-2-7-16(13)15/h1-2,4,7,14-15H,3,5-6,8-12H2,(H2,19,22)(H,20,23)/t15-/m1/s1. The predicted octanol–water partition coefficient (Wildman–Crippen LogP) is 2.01. The number of amides is 3. The Morgan fingerprint density at radius 1 is 1.17 bits per heavy atom. The first-order chi connectivity index (χ1) is 11.1. The van der Waals surface area contributed by atoms with Gasteiger partial charge in [-0.3, -0.25) is 4.79 Å². The molecule has 0 unspecified atom stereocenters. The zero-order chi connectivity index (χ0) is 16.2. The van der Waals surface area contributed by atoms with Crippen molar-refractivity contribution in [3.05, 3.63) is 35.4 Å². The number of fused-ring (bicyclic) bond motifs is 1. The highest BCUT2D eigenvalue weighted by Gasteiger charge is 2.26. The molecule has 1 aliphatic carbocycles. The number of benzene rings is 1. The summed E-state index contributed by atoms with van der Waals surface area (Å²) in [6.07, 6.45) is 4.80. The SMILES string of the molecule is NC(=O)C1CCN(C(=O)NC[C@H]2CCCc3ccccc32)CC1. The van der Waals surface area contributed by atoms with E-state index >= 15 is 0 Å². The molecule has 1 saturated heterocycles. The Bertz CT molecular complexity index is 579. The van der Waals surface area contributed by atoms with Crippen LogP contribution < -0.4 is 11.1 Å². The largest absolute Gasteiger partial charge is 0.369 e. The number of likely N-dealkylation sites (tertiary alicyclic amines) is 1. The molecule has 0 saturated carbocycles. The van der Waals surface area contributed by atoms with Crippen molar-refractivity contribution in [2.45, 2.75) is 38.0 Å². The van der Waals surface area contributed by atoms with Crippen LogP contribution in [0.25, 0.3) is 0 Å². The maximum absolute atomic E-state index is 12.3. The van der Waals surface area contributed by atoms with Gasteiger partial charge in [0.15, 0.2) is 0 Å². The molecule has 1 aliphatic heterocycles. The van der Waals surface area contributed by atoms with Gasteiger partial charge in [-0.25, -0.2) is 4.79 Å². The Hall–Kier alpha value is -2.04. The van der Waals surface area contributed by atoms with Crippen molar-refractivity contribution in [2.75, 3.05) is 19.6 Å². The van der Waals surface area contributed by atoms with E-state index in [4.69, 9.17) is 5.73 Å². The Labute approximate surface area is 137 Å². The Kier molecular flexibility index (Phi) is 4.84. The van der Waals surface area contributed by atoms with Crippen LogP contribution in [0.15, 0.2) is 24.3 Å². The van der Waals surface area contributed by atoms with Gasteiger partial charge in [0.1, 0.15) is 0 Å². The number of rotatable bonds is 3. The first kappa shape index (κ1) is 15.8. The maximum Gasteiger partial charge on any atom is 0.317 e. The molecule has 23 heavy (non-hydrogen) atoms. The van der Waals surface area contributed by atoms with Crippen LogP contribution in [0, 0.1) is 5.92 Å². The topological polar surface area (TPSA) is 75.4 Å². The van der Waals surface area contributed by atoms with Crippen molar-refractivity contribution in [1.82, 2.24) is 10.2 Å². The van der Waals surface area contributed by atoms with E-state index in [9.17, 15) is 9.59 Å². The molecule has 3 rings (SSSR count). The number of carbonyl (C=O) groups excluding carboxylic acids is 2. The van der Waals surface area contributed by atoms with Gasteiger partial charge in [-0.1, -0.05) is 24.3 Å². The zero-order valence-electron chi connectivity index (χ0n) is 13.5. The average molecular weight is 315 g/mol. The maximum atomic E-state index is 12.3. The van der Waals surface area contributed by atoms with Gasteiger partial charge in [-0.15, -0.1) is 0 Å². The van der Waals surface area contributed by atoms with Crippen molar-refractivity contribution in [3.8, 4) is 0 Å². The van der Waals surface area contributed by atoms with Crippen LogP contribution in [0.2, 0.25) is 0 Å². The van der Waals surface area contributed by atoms with Crippen LogP contribution in [-0.2, 0) is 11.2 Å². The molecular weight excluding hydrogens is 290 g/mol. The lowest BCUT2D eigenvalue weighted by molar-refractivity contribution is -0.123. The molecule has 3 amide bonds. The zero-order valence-corrected chi connectivity index (χ0v) is 13.5. The molecule has 124 valence electrons. The molecule has 1 atom stereocenters. The Morgan fingerprint density at radius 2 is 1.91 bits per heavy atom. The molecule has 1 aromatic rings. The monoisotopic (exact) mass is 315 g/mol. The lowest BCUT2D eigenvalue weighted by Gasteiger charge is -2.32. The lowest BCUT2D eigenvalue weighted by Crippen LogP contribution is -2.47. The highest BCUT2D eigenvalue weighted by molar-refractivity contribution is 5.78. The fraction of sp³-hybridized carbons (Fsp3) is 0.556. The summed E-state index contributed by atoms with van der Waals surface area (Å²) in [6.45, 7) is 1.91. The summed E-state index contributed by atoms with van der Waals surface area (Å²) in [6, 6.07) is 8.52. The number of piperidine rings is 1. The normalized spacial score (nSPS) is 21.6. The number of urea groups is 1. The molecule has 0 radical (unpaired) electrons. The number of carbonyl (C=O) groups is 2. The van der Waals surface area contributed by atoms with Gasteiger partial charge in [0.2, 0.25) is 5.91 Å². The third kappa shape index (κ3) is 3.66. The molecule has 5 heteroatoms. The summed E-state index contributed by atoms with van der Waals surface area (Å²) < 4.78 is 0. The fourth-order valence-corrected chi connectivity index (χ4v) is 3.76.